The second kappa shape index (κ2) is 12.5. The molecule has 0 bridgehead atoms. The van der Waals surface area contributed by atoms with Gasteiger partial charge in [-0.2, -0.15) is 13.2 Å². The van der Waals surface area contributed by atoms with Crippen molar-refractivity contribution in [1.82, 2.24) is 0 Å². The normalized spacial score (nSPS) is 15.5. The van der Waals surface area contributed by atoms with Crippen LogP contribution >= 0.6 is 0 Å². The second-order valence-electron chi connectivity index (χ2n) is 9.23. The lowest BCUT2D eigenvalue weighted by atomic mass is 10.1. The summed E-state index contributed by atoms with van der Waals surface area (Å²) in [6.07, 6.45) is -5.08. The Balaban J connectivity index is 0.000000587. The third kappa shape index (κ3) is 8.10. The molecule has 3 aromatic carbocycles. The van der Waals surface area contributed by atoms with E-state index in [1.807, 2.05) is 24.0 Å². The van der Waals surface area contributed by atoms with Crippen LogP contribution in [-0.4, -0.2) is 62.4 Å². The van der Waals surface area contributed by atoms with Gasteiger partial charge in [-0.1, -0.05) is 18.2 Å². The topological polar surface area (TPSA) is 127 Å². The van der Waals surface area contributed by atoms with Crippen molar-refractivity contribution >= 4 is 39.0 Å². The van der Waals surface area contributed by atoms with Gasteiger partial charge in [0.2, 0.25) is 0 Å². The van der Waals surface area contributed by atoms with Crippen LogP contribution in [0.4, 0.5) is 34.6 Å². The van der Waals surface area contributed by atoms with Crippen molar-refractivity contribution in [2.24, 2.45) is 0 Å². The number of hydrogen-bond donors (Lipinski definition) is 3. The first kappa shape index (κ1) is 31.2. The first-order valence-electron chi connectivity index (χ1n) is 12.1. The summed E-state index contributed by atoms with van der Waals surface area (Å²) in [5.74, 6) is -4.61. The van der Waals surface area contributed by atoms with E-state index in [-0.39, 0.29) is 22.2 Å². The number of carboxylic acids is 2. The molecule has 14 heteroatoms. The van der Waals surface area contributed by atoms with E-state index in [2.05, 4.69) is 28.7 Å². The molecule has 1 atom stereocenters. The number of aromatic carboxylic acids is 1. The van der Waals surface area contributed by atoms with Crippen LogP contribution in [0.2, 0.25) is 0 Å². The average molecular weight is 598 g/mol. The highest BCUT2D eigenvalue weighted by atomic mass is 32.2. The Morgan fingerprint density at radius 1 is 0.976 bits per heavy atom. The molecule has 1 aliphatic rings. The van der Waals surface area contributed by atoms with Crippen molar-refractivity contribution in [2.75, 3.05) is 34.2 Å². The predicted octanol–water partition coefficient (Wildman–Crippen LogP) is 4.98. The molecule has 4 rings (SSSR count). The van der Waals surface area contributed by atoms with Crippen molar-refractivity contribution in [3.05, 3.63) is 83.7 Å². The summed E-state index contributed by atoms with van der Waals surface area (Å²) in [5, 5.41) is 16.6. The fraction of sp³-hybridized carbons (Fsp3) is 0.259. The van der Waals surface area contributed by atoms with E-state index in [0.29, 0.717) is 25.3 Å². The van der Waals surface area contributed by atoms with Crippen molar-refractivity contribution in [1.29, 1.82) is 0 Å². The smallest absolute Gasteiger partial charge is 0.478 e. The first-order valence-corrected chi connectivity index (χ1v) is 13.6. The first-order chi connectivity index (χ1) is 19.1. The van der Waals surface area contributed by atoms with Crippen LogP contribution in [0.1, 0.15) is 22.8 Å². The molecule has 3 aromatic rings. The number of carboxylic acid groups (broad SMARTS) is 2. The highest BCUT2D eigenvalue weighted by Crippen LogP contribution is 2.32. The quantitative estimate of drug-likeness (QED) is 0.340. The average Bonchev–Trinajstić information content (AvgIpc) is 2.88. The van der Waals surface area contributed by atoms with Crippen LogP contribution in [0.5, 0.6) is 0 Å². The molecular weight excluding hydrogens is 570 g/mol. The maximum atomic E-state index is 13.6. The summed E-state index contributed by atoms with van der Waals surface area (Å²) in [7, 11) is -4.13. The van der Waals surface area contributed by atoms with Crippen molar-refractivity contribution < 1.29 is 45.8 Å². The lowest BCUT2D eigenvalue weighted by Gasteiger charge is -2.43. The van der Waals surface area contributed by atoms with Gasteiger partial charge in [0.15, 0.2) is 0 Å². The maximum absolute atomic E-state index is 13.6. The molecule has 3 N–H and O–H groups in total. The molecule has 41 heavy (non-hydrogen) atoms. The van der Waals surface area contributed by atoms with E-state index < -0.39 is 34.0 Å². The molecule has 1 heterocycles. The van der Waals surface area contributed by atoms with E-state index in [9.17, 15) is 35.9 Å². The van der Waals surface area contributed by atoms with Gasteiger partial charge >= 0.3 is 18.1 Å². The number of nitrogens with one attached hydrogen (secondary N) is 1. The minimum atomic E-state index is -5.08. The maximum Gasteiger partial charge on any atom is 0.490 e. The molecule has 0 amide bonds. The highest BCUT2D eigenvalue weighted by Gasteiger charge is 2.38. The van der Waals surface area contributed by atoms with Gasteiger partial charge in [-0.25, -0.2) is 22.4 Å². The highest BCUT2D eigenvalue weighted by molar-refractivity contribution is 7.92. The molecule has 0 radical (unpaired) electrons. The molecule has 1 saturated heterocycles. The summed E-state index contributed by atoms with van der Waals surface area (Å²) < 4.78 is 73.8. The number of carbonyl (C=O) groups is 2. The fourth-order valence-electron chi connectivity index (χ4n) is 4.23. The minimum absolute atomic E-state index is 0.0489. The zero-order valence-electron chi connectivity index (χ0n) is 21.9. The van der Waals surface area contributed by atoms with Crippen molar-refractivity contribution in [2.45, 2.75) is 31.0 Å². The Bertz CT molecular complexity index is 1530. The summed E-state index contributed by atoms with van der Waals surface area (Å²) in [6, 6.07) is 17.4. The van der Waals surface area contributed by atoms with Gasteiger partial charge in [-0.3, -0.25) is 4.72 Å². The summed E-state index contributed by atoms with van der Waals surface area (Å²) in [5.41, 5.74) is 2.96. The van der Waals surface area contributed by atoms with Gasteiger partial charge in [-0.15, -0.1) is 0 Å². The predicted molar refractivity (Wildman–Crippen MR) is 145 cm³/mol. The third-order valence-corrected chi connectivity index (χ3v) is 7.50. The number of aryl methyl sites for hydroxylation is 1. The van der Waals surface area contributed by atoms with Gasteiger partial charge in [0.05, 0.1) is 21.8 Å². The van der Waals surface area contributed by atoms with Crippen LogP contribution in [0.15, 0.2) is 71.6 Å². The van der Waals surface area contributed by atoms with Gasteiger partial charge in [-0.05, 0) is 67.9 Å². The molecule has 0 spiro atoms. The number of rotatable bonds is 6. The number of aliphatic carboxylic acids is 1. The number of anilines is 3. The van der Waals surface area contributed by atoms with Gasteiger partial charge in [0.25, 0.3) is 10.0 Å². The molecule has 1 aliphatic heterocycles. The lowest BCUT2D eigenvalue weighted by molar-refractivity contribution is -0.192. The molecule has 1 fully saturated rings. The zero-order valence-corrected chi connectivity index (χ0v) is 22.7. The van der Waals surface area contributed by atoms with Crippen molar-refractivity contribution in [3.63, 3.8) is 0 Å². The molecular formula is C27H27F4N3O6S. The van der Waals surface area contributed by atoms with Gasteiger partial charge in [0, 0.05) is 31.4 Å². The number of piperazine rings is 1. The number of alkyl halides is 3. The Kier molecular flexibility index (Phi) is 9.48. The Hall–Kier alpha value is -4.33. The molecule has 1 unspecified atom stereocenters. The Morgan fingerprint density at radius 3 is 2.20 bits per heavy atom. The number of nitrogens with zero attached hydrogens (tertiary/aromatic N) is 2. The van der Waals surface area contributed by atoms with Crippen LogP contribution < -0.4 is 14.5 Å². The number of sulfonamides is 1. The third-order valence-electron chi connectivity index (χ3n) is 6.14. The van der Waals surface area contributed by atoms with E-state index in [4.69, 9.17) is 9.90 Å². The summed E-state index contributed by atoms with van der Waals surface area (Å²) >= 11 is 0. The minimum Gasteiger partial charge on any atom is -0.478 e. The second-order valence-corrected chi connectivity index (χ2v) is 10.9. The van der Waals surface area contributed by atoms with E-state index in [0.717, 1.165) is 17.8 Å². The van der Waals surface area contributed by atoms with Crippen LogP contribution in [-0.2, 0) is 14.8 Å². The zero-order chi connectivity index (χ0) is 30.5. The van der Waals surface area contributed by atoms with E-state index in [1.165, 1.54) is 29.8 Å². The monoisotopic (exact) mass is 597 g/mol. The number of halogens is 4. The molecule has 9 nitrogen and oxygen atoms in total. The largest absolute Gasteiger partial charge is 0.490 e. The van der Waals surface area contributed by atoms with Gasteiger partial charge < -0.3 is 20.0 Å². The Labute approximate surface area is 233 Å². The Morgan fingerprint density at radius 2 is 1.63 bits per heavy atom. The molecule has 0 saturated carbocycles. The SMILES string of the molecule is Cc1cccc(N2CCN(c3ccc(C(=O)O)cc3NS(=O)(=O)c3cccc(F)c3)CC2C)c1.O=C(O)C(F)(F)F. The molecule has 220 valence electrons. The summed E-state index contributed by atoms with van der Waals surface area (Å²) in [6.45, 7) is 6.07. The molecule has 0 aromatic heterocycles. The van der Waals surface area contributed by atoms with E-state index in [1.54, 1.807) is 6.07 Å². The summed E-state index contributed by atoms with van der Waals surface area (Å²) in [4.78, 5) is 24.5. The van der Waals surface area contributed by atoms with E-state index >= 15 is 0 Å². The van der Waals surface area contributed by atoms with Crippen LogP contribution in [0.3, 0.4) is 0 Å². The van der Waals surface area contributed by atoms with Crippen LogP contribution in [0, 0.1) is 12.7 Å². The standard InChI is InChI=1S/C25H26FN3O4S.C2HF3O2/c1-17-5-3-7-21(13-17)29-12-11-28(16-18(29)2)24-10-9-19(25(30)31)14-23(24)27-34(32,33)22-8-4-6-20(26)15-22;3-2(4,5)1(6)7/h3-10,13-15,18,27H,11-12,16H2,1-2H3,(H,30,31);(H,6,7). The van der Waals surface area contributed by atoms with Crippen molar-refractivity contribution in [3.8, 4) is 0 Å². The van der Waals surface area contributed by atoms with Gasteiger partial charge in [0.1, 0.15) is 5.82 Å². The molecule has 0 aliphatic carbocycles. The van der Waals surface area contributed by atoms with Crippen LogP contribution in [0.25, 0.3) is 0 Å². The lowest BCUT2D eigenvalue weighted by Crippen LogP contribution is -2.52. The number of benzene rings is 3. The fourth-order valence-corrected chi connectivity index (χ4v) is 5.33. The number of hydrogen-bond acceptors (Lipinski definition) is 6.